The number of nitrogens with zero attached hydrogens (tertiary/aromatic N) is 3. The summed E-state index contributed by atoms with van der Waals surface area (Å²) in [5.41, 5.74) is 0.479. The Morgan fingerprint density at radius 1 is 1.32 bits per heavy atom. The van der Waals surface area contributed by atoms with Crippen LogP contribution in [0.2, 0.25) is 5.15 Å². The van der Waals surface area contributed by atoms with Crippen LogP contribution in [0.1, 0.15) is 32.5 Å². The molecule has 19 heavy (non-hydrogen) atoms. The number of halogens is 1. The van der Waals surface area contributed by atoms with Gasteiger partial charge in [0.05, 0.1) is 6.54 Å². The maximum atomic E-state index is 6.20. The summed E-state index contributed by atoms with van der Waals surface area (Å²) in [7, 11) is 0. The van der Waals surface area contributed by atoms with Gasteiger partial charge in [-0.2, -0.15) is 0 Å². The van der Waals surface area contributed by atoms with E-state index < -0.39 is 0 Å². The van der Waals surface area contributed by atoms with Gasteiger partial charge in [-0.05, 0) is 42.8 Å². The molecule has 0 spiro atoms. The Hall–Kier alpha value is -0.710. The second-order valence-corrected chi connectivity index (χ2v) is 7.26. The third kappa shape index (κ3) is 2.91. The monoisotopic (exact) mass is 295 g/mol. The van der Waals surface area contributed by atoms with Gasteiger partial charge in [-0.15, -0.1) is 11.3 Å². The largest absolute Gasteiger partial charge is 0.296 e. The lowest BCUT2D eigenvalue weighted by Gasteiger charge is -2.36. The number of aromatic nitrogens is 2. The van der Waals surface area contributed by atoms with Gasteiger partial charge in [0.1, 0.15) is 15.8 Å². The minimum absolute atomic E-state index is 0.479. The Labute approximate surface area is 122 Å². The number of piperidine rings is 1. The Balaban J connectivity index is 1.75. The Bertz CT molecular complexity index is 583. The van der Waals surface area contributed by atoms with Crippen LogP contribution < -0.4 is 0 Å². The van der Waals surface area contributed by atoms with Crippen molar-refractivity contribution in [2.24, 2.45) is 5.41 Å². The molecule has 0 amide bonds. The minimum Gasteiger partial charge on any atom is -0.296 e. The minimum atomic E-state index is 0.479. The van der Waals surface area contributed by atoms with E-state index in [2.05, 4.69) is 28.7 Å². The molecular formula is C14H18ClN3S. The van der Waals surface area contributed by atoms with Crippen LogP contribution in [0.4, 0.5) is 0 Å². The topological polar surface area (TPSA) is 29.0 Å². The fourth-order valence-corrected chi connectivity index (χ4v) is 3.54. The molecule has 2 aromatic heterocycles. The Kier molecular flexibility index (Phi) is 3.50. The van der Waals surface area contributed by atoms with Crippen LogP contribution in [0.15, 0.2) is 11.4 Å². The molecule has 1 aliphatic heterocycles. The molecule has 0 unspecified atom stereocenters. The van der Waals surface area contributed by atoms with Gasteiger partial charge in [-0.3, -0.25) is 4.90 Å². The highest BCUT2D eigenvalue weighted by Crippen LogP contribution is 2.30. The van der Waals surface area contributed by atoms with Crippen LogP contribution >= 0.6 is 22.9 Å². The lowest BCUT2D eigenvalue weighted by molar-refractivity contribution is 0.125. The lowest BCUT2D eigenvalue weighted by atomic mass is 9.83. The van der Waals surface area contributed by atoms with Crippen molar-refractivity contribution in [1.82, 2.24) is 14.9 Å². The van der Waals surface area contributed by atoms with Crippen molar-refractivity contribution in [3.05, 3.63) is 22.4 Å². The molecule has 0 aliphatic carbocycles. The quantitative estimate of drug-likeness (QED) is 0.785. The lowest BCUT2D eigenvalue weighted by Crippen LogP contribution is -2.37. The predicted octanol–water partition coefficient (Wildman–Crippen LogP) is 3.97. The maximum Gasteiger partial charge on any atom is 0.145 e. The fourth-order valence-electron chi connectivity index (χ4n) is 2.45. The number of likely N-dealkylation sites (tertiary alicyclic amines) is 1. The second kappa shape index (κ2) is 5.00. The van der Waals surface area contributed by atoms with Crippen molar-refractivity contribution in [2.45, 2.75) is 33.2 Å². The number of fused-ring (bicyclic) bond motifs is 1. The van der Waals surface area contributed by atoms with E-state index in [0.29, 0.717) is 10.6 Å². The molecule has 5 heteroatoms. The van der Waals surface area contributed by atoms with Crippen molar-refractivity contribution in [2.75, 3.05) is 13.1 Å². The normalized spacial score (nSPS) is 19.9. The van der Waals surface area contributed by atoms with E-state index in [4.69, 9.17) is 11.6 Å². The first-order valence-corrected chi connectivity index (χ1v) is 7.91. The van der Waals surface area contributed by atoms with Gasteiger partial charge in [0.2, 0.25) is 0 Å². The van der Waals surface area contributed by atoms with Crippen LogP contribution in [0.3, 0.4) is 0 Å². The van der Waals surface area contributed by atoms with E-state index in [0.717, 1.165) is 35.7 Å². The summed E-state index contributed by atoms with van der Waals surface area (Å²) in [5, 5.41) is 3.56. The summed E-state index contributed by atoms with van der Waals surface area (Å²) in [4.78, 5) is 12.5. The molecule has 3 heterocycles. The molecule has 0 aromatic carbocycles. The smallest absolute Gasteiger partial charge is 0.145 e. The van der Waals surface area contributed by atoms with Gasteiger partial charge in [0, 0.05) is 5.39 Å². The first-order chi connectivity index (χ1) is 9.03. The van der Waals surface area contributed by atoms with E-state index in [1.807, 2.05) is 11.4 Å². The van der Waals surface area contributed by atoms with Crippen molar-refractivity contribution >= 4 is 33.2 Å². The first kappa shape index (κ1) is 13.3. The molecule has 3 rings (SSSR count). The molecule has 0 N–H and O–H groups in total. The van der Waals surface area contributed by atoms with Crippen LogP contribution in [0.25, 0.3) is 10.2 Å². The van der Waals surface area contributed by atoms with Gasteiger partial charge >= 0.3 is 0 Å². The number of rotatable bonds is 2. The van der Waals surface area contributed by atoms with Crippen molar-refractivity contribution in [1.29, 1.82) is 0 Å². The molecule has 1 aliphatic rings. The van der Waals surface area contributed by atoms with E-state index in [9.17, 15) is 0 Å². The van der Waals surface area contributed by atoms with E-state index >= 15 is 0 Å². The van der Waals surface area contributed by atoms with Crippen molar-refractivity contribution < 1.29 is 0 Å². The van der Waals surface area contributed by atoms with E-state index in [1.165, 1.54) is 12.8 Å². The molecular weight excluding hydrogens is 278 g/mol. The van der Waals surface area contributed by atoms with Crippen molar-refractivity contribution in [3.63, 3.8) is 0 Å². The predicted molar refractivity (Wildman–Crippen MR) is 80.7 cm³/mol. The molecule has 3 nitrogen and oxygen atoms in total. The third-order valence-electron chi connectivity index (χ3n) is 3.90. The molecule has 102 valence electrons. The van der Waals surface area contributed by atoms with Crippen LogP contribution in [0.5, 0.6) is 0 Å². The highest BCUT2D eigenvalue weighted by Gasteiger charge is 2.25. The molecule has 1 saturated heterocycles. The first-order valence-electron chi connectivity index (χ1n) is 6.65. The zero-order valence-electron chi connectivity index (χ0n) is 11.3. The number of hydrogen-bond acceptors (Lipinski definition) is 4. The highest BCUT2D eigenvalue weighted by atomic mass is 35.5. The van der Waals surface area contributed by atoms with Crippen LogP contribution in [-0.2, 0) is 6.54 Å². The van der Waals surface area contributed by atoms with Crippen LogP contribution in [-0.4, -0.2) is 28.0 Å². The third-order valence-corrected chi connectivity index (χ3v) is 4.99. The molecule has 0 radical (unpaired) electrons. The molecule has 0 bridgehead atoms. The van der Waals surface area contributed by atoms with Gasteiger partial charge in [0.25, 0.3) is 0 Å². The summed E-state index contributed by atoms with van der Waals surface area (Å²) in [6.07, 6.45) is 2.48. The Morgan fingerprint density at radius 2 is 2.05 bits per heavy atom. The summed E-state index contributed by atoms with van der Waals surface area (Å²) in [6.45, 7) is 7.74. The van der Waals surface area contributed by atoms with E-state index in [1.54, 1.807) is 11.3 Å². The fraction of sp³-hybridized carbons (Fsp3) is 0.571. The van der Waals surface area contributed by atoms with Gasteiger partial charge in [0.15, 0.2) is 0 Å². The van der Waals surface area contributed by atoms with E-state index in [-0.39, 0.29) is 0 Å². The summed E-state index contributed by atoms with van der Waals surface area (Å²) >= 11 is 7.83. The number of hydrogen-bond donors (Lipinski definition) is 0. The summed E-state index contributed by atoms with van der Waals surface area (Å²) in [5.74, 6) is 0.847. The second-order valence-electron chi connectivity index (χ2n) is 6.01. The highest BCUT2D eigenvalue weighted by molar-refractivity contribution is 7.16. The summed E-state index contributed by atoms with van der Waals surface area (Å²) < 4.78 is 0. The molecule has 0 atom stereocenters. The van der Waals surface area contributed by atoms with Gasteiger partial charge in [-0.1, -0.05) is 25.4 Å². The average molecular weight is 296 g/mol. The Morgan fingerprint density at radius 3 is 2.79 bits per heavy atom. The van der Waals surface area contributed by atoms with Crippen molar-refractivity contribution in [3.8, 4) is 0 Å². The van der Waals surface area contributed by atoms with Crippen LogP contribution in [0, 0.1) is 5.41 Å². The average Bonchev–Trinajstić information content (AvgIpc) is 2.81. The van der Waals surface area contributed by atoms with Gasteiger partial charge in [-0.25, -0.2) is 9.97 Å². The number of thiophene rings is 1. The maximum absolute atomic E-state index is 6.20. The zero-order valence-corrected chi connectivity index (χ0v) is 12.9. The van der Waals surface area contributed by atoms with Gasteiger partial charge < -0.3 is 0 Å². The molecule has 0 saturated carbocycles. The zero-order chi connectivity index (χ0) is 13.5. The SMILES string of the molecule is CC1(C)CCN(Cc2nc(Cl)c3ccsc3n2)CC1. The molecule has 1 fully saturated rings. The standard InChI is InChI=1S/C14H18ClN3S/c1-14(2)4-6-18(7-5-14)9-11-16-12(15)10-3-8-19-13(10)17-11/h3,8H,4-7,9H2,1-2H3. The summed E-state index contributed by atoms with van der Waals surface area (Å²) in [6, 6.07) is 1.98. The molecule has 2 aromatic rings.